The van der Waals surface area contributed by atoms with Crippen LogP contribution in [0.15, 0.2) is 54.6 Å². The molecule has 0 radical (unpaired) electrons. The van der Waals surface area contributed by atoms with Crippen molar-refractivity contribution in [3.8, 4) is 5.75 Å². The number of ether oxygens (including phenoxy) is 1. The number of carbonyl (C=O) groups excluding carboxylic acids is 1. The normalized spacial score (nSPS) is 10.1. The topological polar surface area (TPSA) is 70.6 Å². The fraction of sp³-hybridized carbons (Fsp3) is 0.278. The third-order valence-electron chi connectivity index (χ3n) is 3.22. The summed E-state index contributed by atoms with van der Waals surface area (Å²) < 4.78 is 5.76. The van der Waals surface area contributed by atoms with Crippen molar-refractivity contribution < 1.29 is 14.6 Å². The molecule has 0 atom stereocenters. The predicted octanol–water partition coefficient (Wildman–Crippen LogP) is 2.45. The average Bonchev–Trinajstić information content (AvgIpc) is 2.60. The van der Waals surface area contributed by atoms with Crippen molar-refractivity contribution in [3.05, 3.63) is 65.7 Å². The molecule has 0 saturated carbocycles. The zero-order chi connectivity index (χ0) is 16.3. The highest BCUT2D eigenvalue weighted by atomic mass is 16.5. The molecule has 0 saturated heterocycles. The molecule has 5 nitrogen and oxygen atoms in total. The van der Waals surface area contributed by atoms with Crippen LogP contribution < -0.4 is 15.4 Å². The SMILES string of the molecule is O=C(NCCCO)NCc1cccc(OCc2ccccc2)c1. The van der Waals surface area contributed by atoms with E-state index >= 15 is 0 Å². The summed E-state index contributed by atoms with van der Waals surface area (Å²) in [7, 11) is 0. The molecular formula is C18H22N2O3. The number of nitrogens with one attached hydrogen (secondary N) is 2. The molecule has 2 aromatic carbocycles. The Bertz CT molecular complexity index is 602. The van der Waals surface area contributed by atoms with Gasteiger partial charge in [0.25, 0.3) is 0 Å². The molecule has 5 heteroatoms. The van der Waals surface area contributed by atoms with E-state index in [0.717, 1.165) is 16.9 Å². The van der Waals surface area contributed by atoms with Gasteiger partial charge in [0.15, 0.2) is 0 Å². The van der Waals surface area contributed by atoms with Gasteiger partial charge in [-0.05, 0) is 29.7 Å². The fourth-order valence-electron chi connectivity index (χ4n) is 2.01. The van der Waals surface area contributed by atoms with Crippen molar-refractivity contribution in [2.45, 2.75) is 19.6 Å². The summed E-state index contributed by atoms with van der Waals surface area (Å²) in [6.45, 7) is 1.47. The summed E-state index contributed by atoms with van der Waals surface area (Å²) in [4.78, 5) is 11.6. The van der Waals surface area contributed by atoms with Crippen LogP contribution in [0.25, 0.3) is 0 Å². The number of aliphatic hydroxyl groups excluding tert-OH is 1. The van der Waals surface area contributed by atoms with Gasteiger partial charge in [0.2, 0.25) is 0 Å². The second kappa shape index (κ2) is 9.48. The minimum atomic E-state index is -0.242. The van der Waals surface area contributed by atoms with Crippen LogP contribution in [-0.2, 0) is 13.2 Å². The number of amides is 2. The van der Waals surface area contributed by atoms with Gasteiger partial charge >= 0.3 is 6.03 Å². The highest BCUT2D eigenvalue weighted by molar-refractivity contribution is 5.73. The average molecular weight is 314 g/mol. The van der Waals surface area contributed by atoms with Gasteiger partial charge < -0.3 is 20.5 Å². The molecule has 0 fully saturated rings. The second-order valence-electron chi connectivity index (χ2n) is 5.11. The molecule has 0 aromatic heterocycles. The molecule has 0 spiro atoms. The Morgan fingerprint density at radius 1 is 1.00 bits per heavy atom. The van der Waals surface area contributed by atoms with Gasteiger partial charge in [0.1, 0.15) is 12.4 Å². The third kappa shape index (κ3) is 6.40. The van der Waals surface area contributed by atoms with E-state index in [1.54, 1.807) is 0 Å². The molecule has 3 N–H and O–H groups in total. The summed E-state index contributed by atoms with van der Waals surface area (Å²) in [5, 5.41) is 14.1. The Hall–Kier alpha value is -2.53. The predicted molar refractivity (Wildman–Crippen MR) is 89.2 cm³/mol. The zero-order valence-corrected chi connectivity index (χ0v) is 13.0. The molecule has 0 aliphatic carbocycles. The summed E-state index contributed by atoms with van der Waals surface area (Å²) in [5.74, 6) is 0.772. The van der Waals surface area contributed by atoms with E-state index in [4.69, 9.17) is 9.84 Å². The van der Waals surface area contributed by atoms with Gasteiger partial charge in [-0.25, -0.2) is 4.79 Å². The van der Waals surface area contributed by atoms with Crippen LogP contribution in [0, 0.1) is 0 Å². The number of benzene rings is 2. The Labute approximate surface area is 136 Å². The van der Waals surface area contributed by atoms with Crippen LogP contribution in [0.4, 0.5) is 4.79 Å². The lowest BCUT2D eigenvalue weighted by Crippen LogP contribution is -2.35. The van der Waals surface area contributed by atoms with Crippen molar-refractivity contribution in [2.24, 2.45) is 0 Å². The Morgan fingerprint density at radius 3 is 2.57 bits per heavy atom. The molecule has 23 heavy (non-hydrogen) atoms. The van der Waals surface area contributed by atoms with Crippen molar-refractivity contribution in [1.29, 1.82) is 0 Å². The molecule has 0 bridgehead atoms. The number of hydrogen-bond donors (Lipinski definition) is 3. The van der Waals surface area contributed by atoms with Crippen molar-refractivity contribution >= 4 is 6.03 Å². The lowest BCUT2D eigenvalue weighted by atomic mass is 10.2. The van der Waals surface area contributed by atoms with E-state index in [-0.39, 0.29) is 12.6 Å². The van der Waals surface area contributed by atoms with E-state index in [1.807, 2.05) is 54.6 Å². The monoisotopic (exact) mass is 314 g/mol. The zero-order valence-electron chi connectivity index (χ0n) is 13.0. The van der Waals surface area contributed by atoms with Crippen LogP contribution in [0.3, 0.4) is 0 Å². The molecule has 122 valence electrons. The first-order chi connectivity index (χ1) is 11.3. The summed E-state index contributed by atoms with van der Waals surface area (Å²) in [6, 6.07) is 17.4. The largest absolute Gasteiger partial charge is 0.489 e. The minimum absolute atomic E-state index is 0.0705. The second-order valence-corrected chi connectivity index (χ2v) is 5.11. The van der Waals surface area contributed by atoms with E-state index in [0.29, 0.717) is 26.1 Å². The van der Waals surface area contributed by atoms with E-state index in [2.05, 4.69) is 10.6 Å². The van der Waals surface area contributed by atoms with Gasteiger partial charge in [-0.1, -0.05) is 42.5 Å². The number of rotatable bonds is 8. The van der Waals surface area contributed by atoms with Gasteiger partial charge in [-0.15, -0.1) is 0 Å². The highest BCUT2D eigenvalue weighted by Gasteiger charge is 2.01. The maximum Gasteiger partial charge on any atom is 0.315 e. The summed E-state index contributed by atoms with van der Waals surface area (Å²) in [5.41, 5.74) is 2.08. The molecule has 0 aliphatic heterocycles. The maximum atomic E-state index is 11.6. The lowest BCUT2D eigenvalue weighted by molar-refractivity contribution is 0.237. The van der Waals surface area contributed by atoms with Crippen molar-refractivity contribution in [1.82, 2.24) is 10.6 Å². The van der Waals surface area contributed by atoms with E-state index < -0.39 is 0 Å². The molecule has 2 aromatic rings. The molecule has 2 rings (SSSR count). The van der Waals surface area contributed by atoms with Gasteiger partial charge in [0.05, 0.1) is 0 Å². The third-order valence-corrected chi connectivity index (χ3v) is 3.22. The Kier molecular flexibility index (Phi) is 6.94. The fourth-order valence-corrected chi connectivity index (χ4v) is 2.01. The van der Waals surface area contributed by atoms with Crippen LogP contribution in [0.1, 0.15) is 17.5 Å². The quantitative estimate of drug-likeness (QED) is 0.656. The number of carbonyl (C=O) groups is 1. The van der Waals surface area contributed by atoms with Crippen LogP contribution in [0.5, 0.6) is 5.75 Å². The van der Waals surface area contributed by atoms with Gasteiger partial charge in [0, 0.05) is 19.7 Å². The Balaban J connectivity index is 1.79. The van der Waals surface area contributed by atoms with E-state index in [1.165, 1.54) is 0 Å². The van der Waals surface area contributed by atoms with Crippen molar-refractivity contribution in [2.75, 3.05) is 13.2 Å². The van der Waals surface area contributed by atoms with Crippen molar-refractivity contribution in [3.63, 3.8) is 0 Å². The first kappa shape index (κ1) is 16.8. The lowest BCUT2D eigenvalue weighted by Gasteiger charge is -2.10. The minimum Gasteiger partial charge on any atom is -0.489 e. The van der Waals surface area contributed by atoms with Gasteiger partial charge in [-0.3, -0.25) is 0 Å². The molecule has 0 unspecified atom stereocenters. The Morgan fingerprint density at radius 2 is 1.78 bits per heavy atom. The molecule has 0 aliphatic rings. The number of urea groups is 1. The number of aliphatic hydroxyl groups is 1. The van der Waals surface area contributed by atoms with E-state index in [9.17, 15) is 4.79 Å². The highest BCUT2D eigenvalue weighted by Crippen LogP contribution is 2.15. The molecule has 0 heterocycles. The molecular weight excluding hydrogens is 292 g/mol. The van der Waals surface area contributed by atoms with Crippen LogP contribution in [0.2, 0.25) is 0 Å². The van der Waals surface area contributed by atoms with Gasteiger partial charge in [-0.2, -0.15) is 0 Å². The maximum absolute atomic E-state index is 11.6. The first-order valence-electron chi connectivity index (χ1n) is 7.66. The van der Waals surface area contributed by atoms with Crippen LogP contribution >= 0.6 is 0 Å². The standard InChI is InChI=1S/C18H22N2O3/c21-11-5-10-19-18(22)20-13-16-8-4-9-17(12-16)23-14-15-6-2-1-3-7-15/h1-4,6-9,12,21H,5,10-11,13-14H2,(H2,19,20,22). The first-order valence-corrected chi connectivity index (χ1v) is 7.66. The number of hydrogen-bond acceptors (Lipinski definition) is 3. The summed E-state index contributed by atoms with van der Waals surface area (Å²) in [6.07, 6.45) is 0.552. The molecule has 2 amide bonds. The van der Waals surface area contributed by atoms with Crippen LogP contribution in [-0.4, -0.2) is 24.3 Å². The summed E-state index contributed by atoms with van der Waals surface area (Å²) >= 11 is 0. The smallest absolute Gasteiger partial charge is 0.315 e.